The minimum atomic E-state index is -1.38. The smallest absolute Gasteiger partial charge is 0.338 e. The lowest BCUT2D eigenvalue weighted by molar-refractivity contribution is -0.147. The molecule has 0 saturated heterocycles. The van der Waals surface area contributed by atoms with Gasteiger partial charge < -0.3 is 33.7 Å². The van der Waals surface area contributed by atoms with E-state index in [0.717, 1.165) is 40.3 Å². The molecule has 272 valence electrons. The SMILES string of the molecule is C[C@H]([C@H](CC=Cc1nc2ccccc2o1)c1ccc2c(c1)OCO2)N(Cc1ccc2ccccc2c1)C(=O)C(O)=C(CC(=O)O)C(=O)OC1CCCC1. The van der Waals surface area contributed by atoms with Gasteiger partial charge >= 0.3 is 11.9 Å². The van der Waals surface area contributed by atoms with Crippen LogP contribution in [-0.4, -0.2) is 56.9 Å². The van der Waals surface area contributed by atoms with E-state index < -0.39 is 53.7 Å². The zero-order chi connectivity index (χ0) is 36.9. The highest BCUT2D eigenvalue weighted by Gasteiger charge is 2.35. The van der Waals surface area contributed by atoms with Crippen LogP contribution in [0.5, 0.6) is 11.5 Å². The molecule has 11 nitrogen and oxygen atoms in total. The van der Waals surface area contributed by atoms with Gasteiger partial charge in [0.2, 0.25) is 12.7 Å². The van der Waals surface area contributed by atoms with Crippen molar-refractivity contribution in [3.05, 3.63) is 119 Å². The second kappa shape index (κ2) is 15.6. The Morgan fingerprint density at radius 2 is 1.68 bits per heavy atom. The van der Waals surface area contributed by atoms with Crippen molar-refractivity contribution in [3.8, 4) is 11.5 Å². The number of carboxylic acid groups (broad SMARTS) is 1. The van der Waals surface area contributed by atoms with Crippen LogP contribution < -0.4 is 9.47 Å². The number of oxazole rings is 1. The summed E-state index contributed by atoms with van der Waals surface area (Å²) in [5.41, 5.74) is 2.41. The normalized spacial score (nSPS) is 15.8. The van der Waals surface area contributed by atoms with E-state index >= 15 is 0 Å². The Balaban J connectivity index is 1.27. The highest BCUT2D eigenvalue weighted by atomic mass is 16.7. The van der Waals surface area contributed by atoms with Gasteiger partial charge in [-0.1, -0.05) is 60.7 Å². The van der Waals surface area contributed by atoms with Gasteiger partial charge in [0.25, 0.3) is 5.91 Å². The van der Waals surface area contributed by atoms with Crippen molar-refractivity contribution in [2.45, 2.75) is 70.1 Å². The lowest BCUT2D eigenvalue weighted by Crippen LogP contribution is -2.43. The number of esters is 1. The molecule has 4 aromatic carbocycles. The number of hydrogen-bond donors (Lipinski definition) is 2. The third-order valence-corrected chi connectivity index (χ3v) is 9.93. The molecule has 7 rings (SSSR count). The van der Waals surface area contributed by atoms with E-state index in [1.807, 2.05) is 97.9 Å². The summed E-state index contributed by atoms with van der Waals surface area (Å²) in [6.07, 6.45) is 5.85. The number of allylic oxidation sites excluding steroid dienone is 1. The molecule has 5 aromatic rings. The number of hydrogen-bond acceptors (Lipinski definition) is 9. The molecule has 1 aromatic heterocycles. The van der Waals surface area contributed by atoms with Crippen LogP contribution in [0.3, 0.4) is 0 Å². The van der Waals surface area contributed by atoms with Gasteiger partial charge in [0, 0.05) is 18.5 Å². The fourth-order valence-electron chi connectivity index (χ4n) is 7.08. The molecular formula is C42H40N2O9. The number of aliphatic carboxylic acids is 1. The van der Waals surface area contributed by atoms with E-state index in [1.165, 1.54) is 4.90 Å². The molecular weight excluding hydrogens is 676 g/mol. The molecule has 2 aliphatic rings. The molecule has 2 atom stereocenters. The van der Waals surface area contributed by atoms with E-state index in [2.05, 4.69) is 4.98 Å². The molecule has 1 amide bonds. The van der Waals surface area contributed by atoms with Gasteiger partial charge in [0.05, 0.1) is 12.0 Å². The monoisotopic (exact) mass is 716 g/mol. The molecule has 1 aliphatic heterocycles. The summed E-state index contributed by atoms with van der Waals surface area (Å²) >= 11 is 0. The fourth-order valence-corrected chi connectivity index (χ4v) is 7.08. The van der Waals surface area contributed by atoms with Crippen LogP contribution >= 0.6 is 0 Å². The summed E-state index contributed by atoms with van der Waals surface area (Å²) in [6, 6.07) is 26.1. The first-order chi connectivity index (χ1) is 25.7. The van der Waals surface area contributed by atoms with E-state index in [0.29, 0.717) is 42.2 Å². The fraction of sp³-hybridized carbons (Fsp3) is 0.286. The molecule has 0 spiro atoms. The van der Waals surface area contributed by atoms with Crippen molar-refractivity contribution in [3.63, 3.8) is 0 Å². The largest absolute Gasteiger partial charge is 0.503 e. The van der Waals surface area contributed by atoms with Gasteiger partial charge in [-0.05, 0) is 97.3 Å². The third-order valence-electron chi connectivity index (χ3n) is 9.93. The maximum atomic E-state index is 14.6. The molecule has 1 saturated carbocycles. The van der Waals surface area contributed by atoms with Gasteiger partial charge in [-0.15, -0.1) is 0 Å². The third kappa shape index (κ3) is 8.04. The quantitative estimate of drug-likeness (QED) is 0.0696. The number of nitrogens with zero attached hydrogens (tertiary/aromatic N) is 2. The van der Waals surface area contributed by atoms with Crippen LogP contribution in [0.15, 0.2) is 107 Å². The Morgan fingerprint density at radius 3 is 2.47 bits per heavy atom. The molecule has 0 radical (unpaired) electrons. The zero-order valence-electron chi connectivity index (χ0n) is 29.3. The van der Waals surface area contributed by atoms with Crippen molar-refractivity contribution in [2.75, 3.05) is 6.79 Å². The van der Waals surface area contributed by atoms with Crippen LogP contribution in [0.4, 0.5) is 0 Å². The molecule has 0 unspecified atom stereocenters. The first kappa shape index (κ1) is 35.3. The Morgan fingerprint density at radius 1 is 0.925 bits per heavy atom. The van der Waals surface area contributed by atoms with Crippen LogP contribution in [0.2, 0.25) is 0 Å². The number of rotatable bonds is 13. The number of ether oxygens (including phenoxy) is 3. The van der Waals surface area contributed by atoms with Crippen molar-refractivity contribution >= 4 is 45.8 Å². The van der Waals surface area contributed by atoms with Gasteiger partial charge in [0.15, 0.2) is 22.8 Å². The van der Waals surface area contributed by atoms with Crippen LogP contribution in [-0.2, 0) is 25.7 Å². The van der Waals surface area contributed by atoms with E-state index in [-0.39, 0.29) is 13.3 Å². The first-order valence-corrected chi connectivity index (χ1v) is 17.8. The number of aliphatic hydroxyl groups excluding tert-OH is 1. The number of carboxylic acids is 1. The summed E-state index contributed by atoms with van der Waals surface area (Å²) in [5, 5.41) is 23.3. The van der Waals surface area contributed by atoms with Crippen LogP contribution in [0.25, 0.3) is 27.9 Å². The summed E-state index contributed by atoms with van der Waals surface area (Å²) in [6.45, 7) is 2.00. The predicted octanol–water partition coefficient (Wildman–Crippen LogP) is 8.09. The highest BCUT2D eigenvalue weighted by Crippen LogP contribution is 2.38. The van der Waals surface area contributed by atoms with Gasteiger partial charge in [-0.2, -0.15) is 0 Å². The average molecular weight is 717 g/mol. The lowest BCUT2D eigenvalue weighted by atomic mass is 9.87. The second-order valence-electron chi connectivity index (χ2n) is 13.4. The number of aliphatic hydroxyl groups is 1. The number of amides is 1. The summed E-state index contributed by atoms with van der Waals surface area (Å²) < 4.78 is 22.8. The average Bonchev–Trinajstić information content (AvgIpc) is 3.95. The first-order valence-electron chi connectivity index (χ1n) is 17.8. The molecule has 2 N–H and O–H groups in total. The Kier molecular flexibility index (Phi) is 10.4. The second-order valence-corrected chi connectivity index (χ2v) is 13.4. The van der Waals surface area contributed by atoms with Gasteiger partial charge in [0.1, 0.15) is 11.6 Å². The standard InChI is InChI=1S/C42H40N2O9/c1-26(32(30-19-20-36-37(22-30)51-25-50-36)13-8-16-38-43-34-14-6-7-15-35(34)53-38)44(24-27-17-18-28-9-2-3-10-29(28)21-27)41(48)40(47)33(23-39(45)46)42(49)52-31-11-4-5-12-31/h2-3,6-10,14-22,26,31-32,47H,4-5,11-13,23-25H2,1H3,(H,45,46)/t26-,32+/m1/s1. The Bertz CT molecular complexity index is 2180. The van der Waals surface area contributed by atoms with E-state index in [1.54, 1.807) is 6.08 Å². The minimum absolute atomic E-state index is 0.0445. The molecule has 53 heavy (non-hydrogen) atoms. The van der Waals surface area contributed by atoms with Crippen molar-refractivity contribution in [1.82, 2.24) is 9.88 Å². The number of benzene rings is 4. The maximum Gasteiger partial charge on any atom is 0.338 e. The Hall–Kier alpha value is -6.10. The topological polar surface area (TPSA) is 149 Å². The molecule has 0 bridgehead atoms. The van der Waals surface area contributed by atoms with Gasteiger partial charge in [-0.25, -0.2) is 9.78 Å². The van der Waals surface area contributed by atoms with Crippen molar-refractivity contribution in [2.24, 2.45) is 0 Å². The van der Waals surface area contributed by atoms with Crippen LogP contribution in [0.1, 0.15) is 68.4 Å². The van der Waals surface area contributed by atoms with E-state index in [9.17, 15) is 24.6 Å². The lowest BCUT2D eigenvalue weighted by Gasteiger charge is -2.35. The van der Waals surface area contributed by atoms with E-state index in [4.69, 9.17) is 18.6 Å². The number of aromatic nitrogens is 1. The highest BCUT2D eigenvalue weighted by molar-refractivity contribution is 6.03. The molecule has 1 aliphatic carbocycles. The van der Waals surface area contributed by atoms with Crippen LogP contribution in [0, 0.1) is 0 Å². The Labute approximate surface area is 306 Å². The van der Waals surface area contributed by atoms with Crippen molar-refractivity contribution < 1.29 is 43.2 Å². The summed E-state index contributed by atoms with van der Waals surface area (Å²) in [7, 11) is 0. The van der Waals surface area contributed by atoms with Gasteiger partial charge in [-0.3, -0.25) is 9.59 Å². The number of carbonyl (C=O) groups is 3. The number of para-hydroxylation sites is 2. The predicted molar refractivity (Wildman–Crippen MR) is 197 cm³/mol. The number of carbonyl (C=O) groups excluding carboxylic acids is 2. The minimum Gasteiger partial charge on any atom is -0.503 e. The zero-order valence-corrected chi connectivity index (χ0v) is 29.3. The molecule has 1 fully saturated rings. The summed E-state index contributed by atoms with van der Waals surface area (Å²) in [5.74, 6) is -3.02. The molecule has 2 heterocycles. The van der Waals surface area contributed by atoms with Crippen molar-refractivity contribution in [1.29, 1.82) is 0 Å². The summed E-state index contributed by atoms with van der Waals surface area (Å²) in [4.78, 5) is 45.9. The number of fused-ring (bicyclic) bond motifs is 3. The maximum absolute atomic E-state index is 14.6. The molecule has 11 heteroatoms.